The van der Waals surface area contributed by atoms with Crippen LogP contribution in [0, 0.1) is 5.82 Å². The Bertz CT molecular complexity index is 649. The highest BCUT2D eigenvalue weighted by Gasteiger charge is 2.07. The number of anilines is 2. The van der Waals surface area contributed by atoms with Gasteiger partial charge in [-0.05, 0) is 30.7 Å². The topological polar surface area (TPSA) is 54.0 Å². The van der Waals surface area contributed by atoms with E-state index in [-0.39, 0.29) is 10.9 Å². The number of hydrogen-bond donors (Lipinski definition) is 2. The van der Waals surface area contributed by atoms with E-state index in [1.807, 2.05) is 6.92 Å². The second-order valence-electron chi connectivity index (χ2n) is 4.47. The molecule has 2 aromatic rings. The number of benzene rings is 1. The summed E-state index contributed by atoms with van der Waals surface area (Å²) in [4.78, 5) is 15.9. The molecule has 0 bridgehead atoms. The first kappa shape index (κ1) is 15.3. The summed E-state index contributed by atoms with van der Waals surface area (Å²) in [5.41, 5.74) is 1.71. The fourth-order valence-electron chi connectivity index (χ4n) is 1.71. The number of aromatic nitrogens is 1. The van der Waals surface area contributed by atoms with Crippen LogP contribution >= 0.6 is 11.6 Å². The van der Waals surface area contributed by atoms with E-state index < -0.39 is 5.82 Å². The molecule has 0 radical (unpaired) electrons. The van der Waals surface area contributed by atoms with Gasteiger partial charge in [-0.15, -0.1) is 0 Å². The average Bonchev–Trinajstić information content (AvgIpc) is 2.49. The second kappa shape index (κ2) is 7.04. The number of carbonyl (C=O) groups is 1. The van der Waals surface area contributed by atoms with Gasteiger partial charge >= 0.3 is 0 Å². The Morgan fingerprint density at radius 1 is 1.29 bits per heavy atom. The van der Waals surface area contributed by atoms with Crippen molar-refractivity contribution in [2.24, 2.45) is 0 Å². The minimum Gasteiger partial charge on any atom is -0.354 e. The minimum atomic E-state index is -0.479. The van der Waals surface area contributed by atoms with Crippen molar-refractivity contribution >= 4 is 28.9 Å². The van der Waals surface area contributed by atoms with E-state index in [9.17, 15) is 9.18 Å². The largest absolute Gasteiger partial charge is 0.354 e. The zero-order valence-electron chi connectivity index (χ0n) is 11.5. The highest BCUT2D eigenvalue weighted by molar-refractivity contribution is 6.31. The molecule has 0 saturated carbocycles. The fourth-order valence-corrected chi connectivity index (χ4v) is 1.89. The maximum absolute atomic E-state index is 13.1. The molecule has 2 rings (SSSR count). The van der Waals surface area contributed by atoms with Gasteiger partial charge in [-0.1, -0.05) is 18.5 Å². The Kier molecular flexibility index (Phi) is 5.11. The normalized spacial score (nSPS) is 10.2. The quantitative estimate of drug-likeness (QED) is 0.884. The molecule has 0 unspecified atom stereocenters. The van der Waals surface area contributed by atoms with E-state index in [0.717, 1.165) is 6.42 Å². The van der Waals surface area contributed by atoms with Crippen molar-refractivity contribution in [2.75, 3.05) is 11.9 Å². The molecule has 1 aromatic heterocycles. The van der Waals surface area contributed by atoms with Crippen LogP contribution in [0.2, 0.25) is 5.02 Å². The highest BCUT2D eigenvalue weighted by Crippen LogP contribution is 2.22. The first-order chi connectivity index (χ1) is 10.1. The summed E-state index contributed by atoms with van der Waals surface area (Å²) in [6, 6.07) is 5.98. The fraction of sp³-hybridized carbons (Fsp3) is 0.200. The first-order valence-electron chi connectivity index (χ1n) is 6.55. The van der Waals surface area contributed by atoms with Crippen LogP contribution in [0.5, 0.6) is 0 Å². The maximum atomic E-state index is 13.1. The third kappa shape index (κ3) is 4.16. The van der Waals surface area contributed by atoms with Crippen molar-refractivity contribution in [1.29, 1.82) is 0 Å². The number of carbonyl (C=O) groups excluding carboxylic acids is 1. The molecule has 110 valence electrons. The zero-order valence-corrected chi connectivity index (χ0v) is 12.2. The summed E-state index contributed by atoms with van der Waals surface area (Å²) < 4.78 is 13.1. The van der Waals surface area contributed by atoms with Crippen LogP contribution in [0.25, 0.3) is 0 Å². The number of pyridine rings is 1. The van der Waals surface area contributed by atoms with Crippen LogP contribution in [-0.2, 0) is 0 Å². The van der Waals surface area contributed by atoms with Crippen molar-refractivity contribution in [1.82, 2.24) is 10.3 Å². The van der Waals surface area contributed by atoms with Gasteiger partial charge in [0.15, 0.2) is 0 Å². The van der Waals surface area contributed by atoms with Crippen LogP contribution in [0.4, 0.5) is 15.8 Å². The Balaban J connectivity index is 2.13. The van der Waals surface area contributed by atoms with Crippen molar-refractivity contribution in [3.8, 4) is 0 Å². The van der Waals surface area contributed by atoms with Gasteiger partial charge in [0, 0.05) is 18.4 Å². The van der Waals surface area contributed by atoms with Gasteiger partial charge in [0.1, 0.15) is 5.82 Å². The first-order valence-corrected chi connectivity index (χ1v) is 6.93. The Labute approximate surface area is 127 Å². The summed E-state index contributed by atoms with van der Waals surface area (Å²) in [5.74, 6) is -0.654. The second-order valence-corrected chi connectivity index (χ2v) is 4.88. The zero-order chi connectivity index (χ0) is 15.2. The molecule has 0 saturated heterocycles. The van der Waals surface area contributed by atoms with Crippen LogP contribution < -0.4 is 10.6 Å². The van der Waals surface area contributed by atoms with E-state index in [2.05, 4.69) is 15.6 Å². The molecule has 6 heteroatoms. The van der Waals surface area contributed by atoms with Crippen LogP contribution in [-0.4, -0.2) is 17.4 Å². The smallest absolute Gasteiger partial charge is 0.252 e. The van der Waals surface area contributed by atoms with Crippen molar-refractivity contribution in [3.63, 3.8) is 0 Å². The third-order valence-electron chi connectivity index (χ3n) is 2.74. The molecule has 0 aliphatic rings. The lowest BCUT2D eigenvalue weighted by atomic mass is 10.2. The summed E-state index contributed by atoms with van der Waals surface area (Å²) in [6.07, 6.45) is 3.94. The average molecular weight is 308 g/mol. The molecule has 4 nitrogen and oxygen atoms in total. The van der Waals surface area contributed by atoms with E-state index in [4.69, 9.17) is 11.6 Å². The number of nitrogens with zero attached hydrogens (tertiary/aromatic N) is 1. The molecule has 1 aromatic carbocycles. The van der Waals surface area contributed by atoms with Gasteiger partial charge in [0.2, 0.25) is 0 Å². The molecule has 1 heterocycles. The minimum absolute atomic E-state index is 0.0322. The van der Waals surface area contributed by atoms with Crippen LogP contribution in [0.1, 0.15) is 23.7 Å². The van der Waals surface area contributed by atoms with Gasteiger partial charge < -0.3 is 10.6 Å². The lowest BCUT2D eigenvalue weighted by Crippen LogP contribution is -2.24. The van der Waals surface area contributed by atoms with Crippen LogP contribution in [0.3, 0.4) is 0 Å². The summed E-state index contributed by atoms with van der Waals surface area (Å²) in [6.45, 7) is 2.60. The number of rotatable bonds is 5. The van der Waals surface area contributed by atoms with E-state index in [1.165, 1.54) is 18.3 Å². The maximum Gasteiger partial charge on any atom is 0.252 e. The van der Waals surface area contributed by atoms with Crippen molar-refractivity contribution in [2.45, 2.75) is 13.3 Å². The Morgan fingerprint density at radius 3 is 2.81 bits per heavy atom. The number of amides is 1. The number of hydrogen-bond acceptors (Lipinski definition) is 3. The molecular weight excluding hydrogens is 293 g/mol. The lowest BCUT2D eigenvalue weighted by molar-refractivity contribution is 0.0953. The summed E-state index contributed by atoms with van der Waals surface area (Å²) >= 11 is 5.72. The van der Waals surface area contributed by atoms with Crippen molar-refractivity contribution < 1.29 is 9.18 Å². The molecule has 0 fully saturated rings. The Hall–Kier alpha value is -2.14. The molecule has 21 heavy (non-hydrogen) atoms. The number of nitrogens with one attached hydrogen (secondary N) is 2. The highest BCUT2D eigenvalue weighted by atomic mass is 35.5. The van der Waals surface area contributed by atoms with Gasteiger partial charge in [-0.25, -0.2) is 4.39 Å². The molecule has 0 atom stereocenters. The summed E-state index contributed by atoms with van der Waals surface area (Å²) in [5, 5.41) is 5.84. The molecule has 1 amide bonds. The standard InChI is InChI=1S/C15H15ClFN3O/c1-2-5-19-15(21)10-6-12(9-18-8-10)20-11-3-4-14(17)13(16)7-11/h3-4,6-9,20H,2,5H2,1H3,(H,19,21). The van der Waals surface area contributed by atoms with Crippen LogP contribution in [0.15, 0.2) is 36.7 Å². The monoisotopic (exact) mass is 307 g/mol. The predicted octanol–water partition coefficient (Wildman–Crippen LogP) is 3.76. The SMILES string of the molecule is CCCNC(=O)c1cncc(Nc2ccc(F)c(Cl)c2)c1. The van der Waals surface area contributed by atoms with Gasteiger partial charge in [-0.3, -0.25) is 9.78 Å². The molecule has 0 aliphatic heterocycles. The molecule has 0 aliphatic carbocycles. The van der Waals surface area contributed by atoms with E-state index >= 15 is 0 Å². The number of halogens is 2. The third-order valence-corrected chi connectivity index (χ3v) is 3.03. The molecular formula is C15H15ClFN3O. The Morgan fingerprint density at radius 2 is 2.10 bits per heavy atom. The van der Waals surface area contributed by atoms with Gasteiger partial charge in [0.05, 0.1) is 22.5 Å². The lowest BCUT2D eigenvalue weighted by Gasteiger charge is -2.09. The van der Waals surface area contributed by atoms with Gasteiger partial charge in [-0.2, -0.15) is 0 Å². The van der Waals surface area contributed by atoms with E-state index in [0.29, 0.717) is 23.5 Å². The predicted molar refractivity (Wildman–Crippen MR) is 81.6 cm³/mol. The molecule has 2 N–H and O–H groups in total. The van der Waals surface area contributed by atoms with E-state index in [1.54, 1.807) is 18.3 Å². The molecule has 0 spiro atoms. The summed E-state index contributed by atoms with van der Waals surface area (Å²) in [7, 11) is 0. The van der Waals surface area contributed by atoms with Gasteiger partial charge in [0.25, 0.3) is 5.91 Å². The van der Waals surface area contributed by atoms with Crippen molar-refractivity contribution in [3.05, 3.63) is 53.1 Å².